The van der Waals surface area contributed by atoms with Crippen molar-refractivity contribution in [1.29, 1.82) is 0 Å². The highest BCUT2D eigenvalue weighted by atomic mass is 15.0. The molecule has 2 heterocycles. The molecule has 12 heavy (non-hydrogen) atoms. The maximum absolute atomic E-state index is 5.75. The quantitative estimate of drug-likeness (QED) is 0.651. The molecule has 3 heteroatoms. The van der Waals surface area contributed by atoms with Gasteiger partial charge in [0.25, 0.3) is 0 Å². The van der Waals surface area contributed by atoms with Crippen LogP contribution in [0.25, 0.3) is 0 Å². The van der Waals surface area contributed by atoms with Crippen LogP contribution in [0.3, 0.4) is 0 Å². The van der Waals surface area contributed by atoms with Crippen LogP contribution >= 0.6 is 0 Å². The molecule has 0 bridgehead atoms. The fourth-order valence-electron chi connectivity index (χ4n) is 1.67. The molecule has 1 aliphatic rings. The zero-order valence-corrected chi connectivity index (χ0v) is 6.96. The molecular formula is C9H13N3. The Bertz CT molecular complexity index is 266. The smallest absolute Gasteiger partial charge is 0.128 e. The van der Waals surface area contributed by atoms with Crippen molar-refractivity contribution in [2.45, 2.75) is 18.9 Å². The first-order chi connectivity index (χ1) is 5.88. The Balaban J connectivity index is 2.26. The second-order valence-corrected chi connectivity index (χ2v) is 3.13. The van der Waals surface area contributed by atoms with Gasteiger partial charge in [-0.3, -0.25) is 0 Å². The monoisotopic (exact) mass is 163 g/mol. The van der Waals surface area contributed by atoms with Crippen LogP contribution in [0.15, 0.2) is 18.3 Å². The third kappa shape index (κ3) is 1.28. The van der Waals surface area contributed by atoms with Crippen LogP contribution in [0.5, 0.6) is 0 Å². The Labute approximate surface area is 72.0 Å². The molecule has 64 valence electrons. The van der Waals surface area contributed by atoms with E-state index in [1.54, 1.807) is 6.20 Å². The summed E-state index contributed by atoms with van der Waals surface area (Å²) in [5.74, 6) is 0.664. The van der Waals surface area contributed by atoms with Gasteiger partial charge in [-0.15, -0.1) is 0 Å². The summed E-state index contributed by atoms with van der Waals surface area (Å²) < 4.78 is 0. The molecule has 3 nitrogen and oxygen atoms in total. The summed E-state index contributed by atoms with van der Waals surface area (Å²) in [6.45, 7) is 1.10. The van der Waals surface area contributed by atoms with E-state index in [-0.39, 0.29) is 0 Å². The first kappa shape index (κ1) is 7.55. The van der Waals surface area contributed by atoms with E-state index in [0.717, 1.165) is 12.1 Å². The summed E-state index contributed by atoms with van der Waals surface area (Å²) in [4.78, 5) is 4.06. The van der Waals surface area contributed by atoms with E-state index in [2.05, 4.69) is 10.3 Å². The topological polar surface area (TPSA) is 50.9 Å². The van der Waals surface area contributed by atoms with Crippen LogP contribution < -0.4 is 11.1 Å². The van der Waals surface area contributed by atoms with E-state index in [1.165, 1.54) is 12.8 Å². The summed E-state index contributed by atoms with van der Waals surface area (Å²) in [6.07, 6.45) is 4.14. The summed E-state index contributed by atoms with van der Waals surface area (Å²) in [5, 5.41) is 3.39. The van der Waals surface area contributed by atoms with Crippen molar-refractivity contribution in [3.63, 3.8) is 0 Å². The third-order valence-corrected chi connectivity index (χ3v) is 2.31. The Morgan fingerprint density at radius 2 is 2.50 bits per heavy atom. The van der Waals surface area contributed by atoms with E-state index in [1.807, 2.05) is 12.1 Å². The normalized spacial score (nSPS) is 22.8. The minimum atomic E-state index is 0.429. The van der Waals surface area contributed by atoms with Gasteiger partial charge in [0.05, 0.1) is 0 Å². The number of aromatic nitrogens is 1. The van der Waals surface area contributed by atoms with Gasteiger partial charge >= 0.3 is 0 Å². The van der Waals surface area contributed by atoms with Gasteiger partial charge in [-0.1, -0.05) is 6.07 Å². The van der Waals surface area contributed by atoms with E-state index >= 15 is 0 Å². The van der Waals surface area contributed by atoms with Gasteiger partial charge in [0.1, 0.15) is 5.82 Å². The van der Waals surface area contributed by atoms with Crippen LogP contribution in [0.2, 0.25) is 0 Å². The molecule has 1 fully saturated rings. The van der Waals surface area contributed by atoms with Gasteiger partial charge in [-0.05, 0) is 25.5 Å². The molecular weight excluding hydrogens is 150 g/mol. The molecule has 0 spiro atoms. The molecule has 0 saturated carbocycles. The molecule has 2 rings (SSSR count). The van der Waals surface area contributed by atoms with Crippen molar-refractivity contribution in [2.75, 3.05) is 12.3 Å². The van der Waals surface area contributed by atoms with Gasteiger partial charge in [0.2, 0.25) is 0 Å². The van der Waals surface area contributed by atoms with Crippen LogP contribution in [-0.2, 0) is 0 Å². The largest absolute Gasteiger partial charge is 0.383 e. The Morgan fingerprint density at radius 3 is 3.17 bits per heavy atom. The Hall–Kier alpha value is -1.09. The van der Waals surface area contributed by atoms with Crippen molar-refractivity contribution >= 4 is 5.82 Å². The van der Waals surface area contributed by atoms with Gasteiger partial charge in [0.15, 0.2) is 0 Å². The summed E-state index contributed by atoms with van der Waals surface area (Å²) in [6, 6.07) is 4.41. The summed E-state index contributed by atoms with van der Waals surface area (Å²) >= 11 is 0. The fraction of sp³-hybridized carbons (Fsp3) is 0.444. The summed E-state index contributed by atoms with van der Waals surface area (Å²) in [5.41, 5.74) is 6.90. The van der Waals surface area contributed by atoms with E-state index in [0.29, 0.717) is 11.9 Å². The number of hydrogen-bond acceptors (Lipinski definition) is 3. The highest BCUT2D eigenvalue weighted by Crippen LogP contribution is 2.25. The second kappa shape index (κ2) is 3.11. The number of nitrogens with two attached hydrogens (primary N) is 1. The first-order valence-electron chi connectivity index (χ1n) is 4.31. The van der Waals surface area contributed by atoms with Crippen molar-refractivity contribution in [3.8, 4) is 0 Å². The minimum absolute atomic E-state index is 0.429. The number of nitrogens with zero attached hydrogens (tertiary/aromatic N) is 1. The predicted octanol–water partition coefficient (Wildman–Crippen LogP) is 1.09. The zero-order valence-electron chi connectivity index (χ0n) is 6.96. The molecule has 1 aromatic heterocycles. The van der Waals surface area contributed by atoms with Crippen LogP contribution in [0, 0.1) is 0 Å². The Morgan fingerprint density at radius 1 is 1.58 bits per heavy atom. The van der Waals surface area contributed by atoms with Crippen molar-refractivity contribution in [2.24, 2.45) is 0 Å². The zero-order chi connectivity index (χ0) is 8.39. The van der Waals surface area contributed by atoms with Crippen LogP contribution in [-0.4, -0.2) is 11.5 Å². The van der Waals surface area contributed by atoms with Gasteiger partial charge in [-0.2, -0.15) is 0 Å². The lowest BCUT2D eigenvalue weighted by molar-refractivity contribution is 0.647. The molecule has 0 aliphatic carbocycles. The molecule has 0 radical (unpaired) electrons. The van der Waals surface area contributed by atoms with Crippen LogP contribution in [0.1, 0.15) is 24.4 Å². The summed E-state index contributed by atoms with van der Waals surface area (Å²) in [7, 11) is 0. The van der Waals surface area contributed by atoms with E-state index in [4.69, 9.17) is 5.73 Å². The lowest BCUT2D eigenvalue weighted by Crippen LogP contribution is -2.14. The number of nitrogen functional groups attached to an aromatic ring is 1. The molecule has 0 aromatic carbocycles. The molecule has 1 atom stereocenters. The van der Waals surface area contributed by atoms with Crippen molar-refractivity contribution < 1.29 is 0 Å². The lowest BCUT2D eigenvalue weighted by atomic mass is 10.1. The number of pyridine rings is 1. The molecule has 1 aliphatic heterocycles. The fourth-order valence-corrected chi connectivity index (χ4v) is 1.67. The molecule has 1 saturated heterocycles. The lowest BCUT2D eigenvalue weighted by Gasteiger charge is -2.11. The van der Waals surface area contributed by atoms with Crippen molar-refractivity contribution in [3.05, 3.63) is 23.9 Å². The molecule has 0 amide bonds. The average Bonchev–Trinajstić information content (AvgIpc) is 2.57. The number of nitrogens with one attached hydrogen (secondary N) is 1. The van der Waals surface area contributed by atoms with Gasteiger partial charge < -0.3 is 11.1 Å². The Kier molecular flexibility index (Phi) is 1.96. The first-order valence-corrected chi connectivity index (χ1v) is 4.31. The van der Waals surface area contributed by atoms with Gasteiger partial charge in [0, 0.05) is 17.8 Å². The average molecular weight is 163 g/mol. The molecule has 0 unspecified atom stereocenters. The van der Waals surface area contributed by atoms with E-state index < -0.39 is 0 Å². The molecule has 1 aromatic rings. The van der Waals surface area contributed by atoms with Crippen LogP contribution in [0.4, 0.5) is 5.82 Å². The maximum atomic E-state index is 5.75. The number of anilines is 1. The second-order valence-electron chi connectivity index (χ2n) is 3.13. The van der Waals surface area contributed by atoms with E-state index in [9.17, 15) is 0 Å². The maximum Gasteiger partial charge on any atom is 0.128 e. The molecule has 3 N–H and O–H groups in total. The van der Waals surface area contributed by atoms with Crippen molar-refractivity contribution in [1.82, 2.24) is 10.3 Å². The number of hydrogen-bond donors (Lipinski definition) is 2. The standard InChI is InChI=1S/C9H13N3/c10-9-7(3-1-6-12-9)8-4-2-5-11-8/h1,3,6,8,11H,2,4-5H2,(H2,10,12)/t8-/m0/s1. The third-order valence-electron chi connectivity index (χ3n) is 2.31. The number of rotatable bonds is 1. The van der Waals surface area contributed by atoms with Gasteiger partial charge in [-0.25, -0.2) is 4.98 Å². The highest BCUT2D eigenvalue weighted by molar-refractivity contribution is 5.41. The predicted molar refractivity (Wildman–Crippen MR) is 48.6 cm³/mol. The SMILES string of the molecule is Nc1ncccc1[C@@H]1CCCN1. The highest BCUT2D eigenvalue weighted by Gasteiger charge is 2.17. The minimum Gasteiger partial charge on any atom is -0.383 e.